The molecule has 16 heavy (non-hydrogen) atoms. The molecular weight excluding hydrogens is 216 g/mol. The Morgan fingerprint density at radius 2 is 2.06 bits per heavy atom. The van der Waals surface area contributed by atoms with Crippen LogP contribution in [0.5, 0.6) is 0 Å². The molecule has 86 valence electrons. The quantitative estimate of drug-likeness (QED) is 0.604. The van der Waals surface area contributed by atoms with E-state index in [1.807, 2.05) is 6.92 Å². The van der Waals surface area contributed by atoms with Gasteiger partial charge in [0.25, 0.3) is 0 Å². The second-order valence-electron chi connectivity index (χ2n) is 3.62. The van der Waals surface area contributed by atoms with Crippen LogP contribution in [0.2, 0.25) is 0 Å². The lowest BCUT2D eigenvalue weighted by Gasteiger charge is -2.19. The zero-order valence-electron chi connectivity index (χ0n) is 9.73. The van der Waals surface area contributed by atoms with Crippen molar-refractivity contribution in [1.82, 2.24) is 5.32 Å². The van der Waals surface area contributed by atoms with E-state index < -0.39 is 0 Å². The summed E-state index contributed by atoms with van der Waals surface area (Å²) in [5, 5.41) is 3.30. The average Bonchev–Trinajstić information content (AvgIpc) is 2.35. The molecule has 0 saturated carbocycles. The molecule has 0 aromatic heterocycles. The van der Waals surface area contributed by atoms with Crippen molar-refractivity contribution in [2.75, 3.05) is 12.8 Å². The number of terminal acetylenes is 1. The van der Waals surface area contributed by atoms with Crippen molar-refractivity contribution in [3.8, 4) is 12.3 Å². The van der Waals surface area contributed by atoms with Crippen LogP contribution in [0.3, 0.4) is 0 Å². The smallest absolute Gasteiger partial charge is 0.0663 e. The third kappa shape index (κ3) is 3.57. The van der Waals surface area contributed by atoms with E-state index in [9.17, 15) is 0 Å². The summed E-state index contributed by atoms with van der Waals surface area (Å²) in [5.41, 5.74) is 6.92. The topological polar surface area (TPSA) is 38.0 Å². The van der Waals surface area contributed by atoms with E-state index in [4.69, 9.17) is 12.2 Å². The number of nitrogens with two attached hydrogens (primary N) is 1. The Bertz CT molecular complexity index is 353. The van der Waals surface area contributed by atoms with Crippen LogP contribution in [0.15, 0.2) is 29.2 Å². The number of nitrogens with one attached hydrogen (secondary N) is 1. The first kappa shape index (κ1) is 13.1. The Hall–Kier alpha value is -0.950. The van der Waals surface area contributed by atoms with Crippen LogP contribution in [-0.4, -0.2) is 18.8 Å². The number of thioether (sulfide) groups is 1. The molecule has 0 spiro atoms. The van der Waals surface area contributed by atoms with E-state index >= 15 is 0 Å². The summed E-state index contributed by atoms with van der Waals surface area (Å²) in [6.07, 6.45) is 7.41. The lowest BCUT2D eigenvalue weighted by atomic mass is 10.1. The molecule has 0 aliphatic carbocycles. The Morgan fingerprint density at radius 3 is 2.50 bits per heavy atom. The van der Waals surface area contributed by atoms with Crippen molar-refractivity contribution < 1.29 is 0 Å². The molecule has 2 nitrogen and oxygen atoms in total. The predicted molar refractivity (Wildman–Crippen MR) is 71.4 cm³/mol. The van der Waals surface area contributed by atoms with Crippen LogP contribution in [0.4, 0.5) is 0 Å². The second-order valence-corrected chi connectivity index (χ2v) is 4.50. The van der Waals surface area contributed by atoms with Crippen molar-refractivity contribution in [2.45, 2.75) is 23.9 Å². The molecule has 0 saturated heterocycles. The van der Waals surface area contributed by atoms with Gasteiger partial charge < -0.3 is 5.73 Å². The molecule has 3 heteroatoms. The molecule has 3 N–H and O–H groups in total. The van der Waals surface area contributed by atoms with E-state index in [-0.39, 0.29) is 12.1 Å². The SMILES string of the molecule is C#CC(C)NC(CN)c1ccc(SC)cc1. The first-order chi connectivity index (χ1) is 7.71. The van der Waals surface area contributed by atoms with E-state index in [1.54, 1.807) is 11.8 Å². The van der Waals surface area contributed by atoms with Crippen LogP contribution in [0.25, 0.3) is 0 Å². The fourth-order valence-electron chi connectivity index (χ4n) is 1.49. The summed E-state index contributed by atoms with van der Waals surface area (Å²) in [7, 11) is 0. The van der Waals surface area contributed by atoms with Crippen LogP contribution in [-0.2, 0) is 0 Å². The van der Waals surface area contributed by atoms with Crippen LogP contribution in [0.1, 0.15) is 18.5 Å². The minimum absolute atomic E-state index is 0.0359. The highest BCUT2D eigenvalue weighted by molar-refractivity contribution is 7.98. The molecule has 0 heterocycles. The first-order valence-electron chi connectivity index (χ1n) is 5.27. The van der Waals surface area contributed by atoms with Crippen molar-refractivity contribution in [2.24, 2.45) is 5.73 Å². The molecule has 0 amide bonds. The van der Waals surface area contributed by atoms with Gasteiger partial charge in [-0.2, -0.15) is 0 Å². The van der Waals surface area contributed by atoms with E-state index in [2.05, 4.69) is 41.8 Å². The van der Waals surface area contributed by atoms with Crippen molar-refractivity contribution in [3.05, 3.63) is 29.8 Å². The van der Waals surface area contributed by atoms with Gasteiger partial charge in [0.1, 0.15) is 0 Å². The Morgan fingerprint density at radius 1 is 1.44 bits per heavy atom. The van der Waals surface area contributed by atoms with E-state index in [1.165, 1.54) is 10.5 Å². The fraction of sp³-hybridized carbons (Fsp3) is 0.385. The van der Waals surface area contributed by atoms with E-state index in [0.29, 0.717) is 6.54 Å². The number of benzene rings is 1. The van der Waals surface area contributed by atoms with Gasteiger partial charge in [-0.1, -0.05) is 18.1 Å². The summed E-state index contributed by atoms with van der Waals surface area (Å²) in [6.45, 7) is 2.50. The molecule has 0 radical (unpaired) electrons. The highest BCUT2D eigenvalue weighted by Gasteiger charge is 2.10. The summed E-state index contributed by atoms with van der Waals surface area (Å²) in [6, 6.07) is 8.56. The van der Waals surface area contributed by atoms with Gasteiger partial charge >= 0.3 is 0 Å². The summed E-state index contributed by atoms with van der Waals surface area (Å²) in [5.74, 6) is 2.65. The predicted octanol–water partition coefficient (Wildman–Crippen LogP) is 2.02. The van der Waals surface area contributed by atoms with Gasteiger partial charge in [-0.25, -0.2) is 0 Å². The lowest BCUT2D eigenvalue weighted by molar-refractivity contribution is 0.518. The first-order valence-corrected chi connectivity index (χ1v) is 6.50. The number of hydrogen-bond acceptors (Lipinski definition) is 3. The lowest BCUT2D eigenvalue weighted by Crippen LogP contribution is -2.34. The van der Waals surface area contributed by atoms with Gasteiger partial charge in [-0.15, -0.1) is 18.2 Å². The molecule has 2 unspecified atom stereocenters. The molecule has 1 rings (SSSR count). The molecule has 0 aliphatic rings. The molecular formula is C13H18N2S. The maximum atomic E-state index is 5.74. The van der Waals surface area contributed by atoms with Crippen molar-refractivity contribution >= 4 is 11.8 Å². The van der Waals surface area contributed by atoms with Gasteiger partial charge in [0.05, 0.1) is 6.04 Å². The summed E-state index contributed by atoms with van der Waals surface area (Å²) >= 11 is 1.73. The van der Waals surface area contributed by atoms with Crippen molar-refractivity contribution in [1.29, 1.82) is 0 Å². The monoisotopic (exact) mass is 234 g/mol. The molecule has 0 bridgehead atoms. The van der Waals surface area contributed by atoms with Crippen LogP contribution >= 0.6 is 11.8 Å². The van der Waals surface area contributed by atoms with Gasteiger partial charge in [0.2, 0.25) is 0 Å². The Kier molecular flexibility index (Phi) is 5.41. The van der Waals surface area contributed by atoms with Crippen LogP contribution in [0, 0.1) is 12.3 Å². The average molecular weight is 234 g/mol. The fourth-order valence-corrected chi connectivity index (χ4v) is 1.89. The minimum atomic E-state index is 0.0359. The molecule has 0 fully saturated rings. The molecule has 1 aromatic rings. The van der Waals surface area contributed by atoms with Gasteiger partial charge in [0.15, 0.2) is 0 Å². The Balaban J connectivity index is 2.75. The third-order valence-electron chi connectivity index (χ3n) is 2.46. The molecule has 1 aromatic carbocycles. The molecule has 2 atom stereocenters. The summed E-state index contributed by atoms with van der Waals surface area (Å²) < 4.78 is 0. The highest BCUT2D eigenvalue weighted by atomic mass is 32.2. The maximum absolute atomic E-state index is 5.74. The molecule has 0 aliphatic heterocycles. The maximum Gasteiger partial charge on any atom is 0.0663 e. The largest absolute Gasteiger partial charge is 0.329 e. The zero-order chi connectivity index (χ0) is 12.0. The standard InChI is InChI=1S/C13H18N2S/c1-4-10(2)15-13(9-14)11-5-7-12(16-3)8-6-11/h1,5-8,10,13,15H,9,14H2,2-3H3. The van der Waals surface area contributed by atoms with Crippen LogP contribution < -0.4 is 11.1 Å². The van der Waals surface area contributed by atoms with E-state index in [0.717, 1.165) is 0 Å². The Labute approximate surface area is 102 Å². The highest BCUT2D eigenvalue weighted by Crippen LogP contribution is 2.18. The number of hydrogen-bond donors (Lipinski definition) is 2. The third-order valence-corrected chi connectivity index (χ3v) is 3.20. The summed E-state index contributed by atoms with van der Waals surface area (Å²) in [4.78, 5) is 1.25. The van der Waals surface area contributed by atoms with Gasteiger partial charge in [0, 0.05) is 17.5 Å². The van der Waals surface area contributed by atoms with Gasteiger partial charge in [-0.3, -0.25) is 5.32 Å². The van der Waals surface area contributed by atoms with Gasteiger partial charge in [-0.05, 0) is 30.9 Å². The zero-order valence-corrected chi connectivity index (χ0v) is 10.6. The second kappa shape index (κ2) is 6.59. The number of rotatable bonds is 5. The minimum Gasteiger partial charge on any atom is -0.329 e. The van der Waals surface area contributed by atoms with Crippen molar-refractivity contribution in [3.63, 3.8) is 0 Å². The normalized spacial score (nSPS) is 14.1.